The molecule has 114 valence electrons. The van der Waals surface area contributed by atoms with E-state index in [2.05, 4.69) is 9.97 Å². The van der Waals surface area contributed by atoms with Gasteiger partial charge in [0.1, 0.15) is 11.6 Å². The van der Waals surface area contributed by atoms with Crippen LogP contribution in [0.15, 0.2) is 30.5 Å². The first-order valence-electron chi connectivity index (χ1n) is 7.34. The van der Waals surface area contributed by atoms with Crippen LogP contribution in [0.3, 0.4) is 0 Å². The molecule has 0 amide bonds. The number of aryl methyl sites for hydroxylation is 2. The SMILES string of the molecule is Cc1ncc(C(=O)OC[C@@H]2CCOc3ccccc32)c(C)n1. The fourth-order valence-electron chi connectivity index (χ4n) is 2.63. The number of para-hydroxylation sites is 1. The summed E-state index contributed by atoms with van der Waals surface area (Å²) in [6, 6.07) is 7.88. The van der Waals surface area contributed by atoms with Crippen molar-refractivity contribution >= 4 is 5.97 Å². The van der Waals surface area contributed by atoms with Crippen LogP contribution in [-0.4, -0.2) is 29.2 Å². The number of hydrogen-bond acceptors (Lipinski definition) is 5. The highest BCUT2D eigenvalue weighted by atomic mass is 16.5. The zero-order chi connectivity index (χ0) is 15.5. The second-order valence-corrected chi connectivity index (χ2v) is 5.39. The van der Waals surface area contributed by atoms with Crippen LogP contribution in [-0.2, 0) is 4.74 Å². The first-order valence-corrected chi connectivity index (χ1v) is 7.34. The van der Waals surface area contributed by atoms with Crippen molar-refractivity contribution in [3.05, 3.63) is 53.1 Å². The Morgan fingerprint density at radius 3 is 3.00 bits per heavy atom. The van der Waals surface area contributed by atoms with Crippen molar-refractivity contribution in [1.29, 1.82) is 0 Å². The van der Waals surface area contributed by atoms with Gasteiger partial charge in [0, 0.05) is 17.7 Å². The van der Waals surface area contributed by atoms with Crippen LogP contribution in [0, 0.1) is 13.8 Å². The predicted molar refractivity (Wildman–Crippen MR) is 81.1 cm³/mol. The van der Waals surface area contributed by atoms with E-state index < -0.39 is 0 Å². The Bertz CT molecular complexity index is 700. The molecule has 0 fully saturated rings. The van der Waals surface area contributed by atoms with Gasteiger partial charge in [0.05, 0.1) is 24.5 Å². The molecule has 5 nitrogen and oxygen atoms in total. The number of fused-ring (bicyclic) bond motifs is 1. The highest BCUT2D eigenvalue weighted by molar-refractivity contribution is 5.90. The van der Waals surface area contributed by atoms with E-state index in [4.69, 9.17) is 9.47 Å². The fourth-order valence-corrected chi connectivity index (χ4v) is 2.63. The number of aromatic nitrogens is 2. The molecule has 0 radical (unpaired) electrons. The zero-order valence-electron chi connectivity index (χ0n) is 12.7. The summed E-state index contributed by atoms with van der Waals surface area (Å²) in [7, 11) is 0. The van der Waals surface area contributed by atoms with Gasteiger partial charge in [-0.15, -0.1) is 0 Å². The van der Waals surface area contributed by atoms with Crippen LogP contribution in [0.1, 0.15) is 39.8 Å². The Balaban J connectivity index is 1.69. The van der Waals surface area contributed by atoms with E-state index in [9.17, 15) is 4.79 Å². The number of rotatable bonds is 3. The first-order chi connectivity index (χ1) is 10.6. The Morgan fingerprint density at radius 2 is 2.18 bits per heavy atom. The van der Waals surface area contributed by atoms with Crippen LogP contribution in [0.5, 0.6) is 5.75 Å². The summed E-state index contributed by atoms with van der Waals surface area (Å²) in [5.41, 5.74) is 2.16. The maximum atomic E-state index is 12.2. The minimum atomic E-state index is -0.374. The lowest BCUT2D eigenvalue weighted by Crippen LogP contribution is -2.20. The van der Waals surface area contributed by atoms with Gasteiger partial charge in [0.15, 0.2) is 0 Å². The van der Waals surface area contributed by atoms with Crippen molar-refractivity contribution in [2.24, 2.45) is 0 Å². The molecule has 0 aliphatic carbocycles. The van der Waals surface area contributed by atoms with Crippen LogP contribution in [0.2, 0.25) is 0 Å². The van der Waals surface area contributed by atoms with E-state index in [1.165, 1.54) is 6.20 Å². The molecule has 0 saturated heterocycles. The Morgan fingerprint density at radius 1 is 1.36 bits per heavy atom. The number of hydrogen-bond donors (Lipinski definition) is 0. The average Bonchev–Trinajstić information content (AvgIpc) is 2.52. The predicted octanol–water partition coefficient (Wildman–Crippen LogP) is 2.82. The van der Waals surface area contributed by atoms with Crippen LogP contribution >= 0.6 is 0 Å². The summed E-state index contributed by atoms with van der Waals surface area (Å²) >= 11 is 0. The molecule has 1 aromatic heterocycles. The van der Waals surface area contributed by atoms with Crippen molar-refractivity contribution in [1.82, 2.24) is 9.97 Å². The molecule has 5 heteroatoms. The molecule has 22 heavy (non-hydrogen) atoms. The van der Waals surface area contributed by atoms with E-state index in [-0.39, 0.29) is 11.9 Å². The number of esters is 1. The number of benzene rings is 1. The minimum absolute atomic E-state index is 0.167. The Labute approximate surface area is 129 Å². The topological polar surface area (TPSA) is 61.3 Å². The van der Waals surface area contributed by atoms with Gasteiger partial charge in [-0.05, 0) is 26.3 Å². The molecule has 1 aromatic carbocycles. The van der Waals surface area contributed by atoms with E-state index in [0.29, 0.717) is 30.3 Å². The molecule has 1 atom stereocenters. The smallest absolute Gasteiger partial charge is 0.341 e. The molecule has 0 saturated carbocycles. The molecular weight excluding hydrogens is 280 g/mol. The molecule has 1 aliphatic rings. The van der Waals surface area contributed by atoms with Crippen molar-refractivity contribution in [2.45, 2.75) is 26.2 Å². The third kappa shape index (κ3) is 2.93. The number of ether oxygens (including phenoxy) is 2. The van der Waals surface area contributed by atoms with Gasteiger partial charge < -0.3 is 9.47 Å². The summed E-state index contributed by atoms with van der Waals surface area (Å²) in [6.45, 7) is 4.56. The van der Waals surface area contributed by atoms with E-state index in [1.54, 1.807) is 13.8 Å². The third-order valence-corrected chi connectivity index (χ3v) is 3.82. The lowest BCUT2D eigenvalue weighted by Gasteiger charge is -2.25. The van der Waals surface area contributed by atoms with Crippen molar-refractivity contribution in [3.8, 4) is 5.75 Å². The van der Waals surface area contributed by atoms with Gasteiger partial charge >= 0.3 is 5.97 Å². The number of carbonyl (C=O) groups excluding carboxylic acids is 1. The molecular formula is C17H18N2O3. The first kappa shape index (κ1) is 14.5. The molecule has 2 heterocycles. The van der Waals surface area contributed by atoms with Crippen LogP contribution in [0.25, 0.3) is 0 Å². The maximum Gasteiger partial charge on any atom is 0.341 e. The molecule has 0 N–H and O–H groups in total. The normalized spacial score (nSPS) is 16.5. The lowest BCUT2D eigenvalue weighted by atomic mass is 9.94. The van der Waals surface area contributed by atoms with Gasteiger partial charge in [-0.3, -0.25) is 0 Å². The van der Waals surface area contributed by atoms with E-state index >= 15 is 0 Å². The molecule has 1 aliphatic heterocycles. The third-order valence-electron chi connectivity index (χ3n) is 3.82. The van der Waals surface area contributed by atoms with Gasteiger partial charge in [0.25, 0.3) is 0 Å². The van der Waals surface area contributed by atoms with E-state index in [1.807, 2.05) is 24.3 Å². The summed E-state index contributed by atoms with van der Waals surface area (Å²) in [5, 5.41) is 0. The Hall–Kier alpha value is -2.43. The minimum Gasteiger partial charge on any atom is -0.493 e. The summed E-state index contributed by atoms with van der Waals surface area (Å²) < 4.78 is 11.1. The van der Waals surface area contributed by atoms with Crippen molar-refractivity contribution < 1.29 is 14.3 Å². The van der Waals surface area contributed by atoms with Crippen molar-refractivity contribution in [3.63, 3.8) is 0 Å². The van der Waals surface area contributed by atoms with Crippen molar-refractivity contribution in [2.75, 3.05) is 13.2 Å². The van der Waals surface area contributed by atoms with Crippen LogP contribution in [0.4, 0.5) is 0 Å². The monoisotopic (exact) mass is 298 g/mol. The number of nitrogens with zero attached hydrogens (tertiary/aromatic N) is 2. The maximum absolute atomic E-state index is 12.2. The fraction of sp³-hybridized carbons (Fsp3) is 0.353. The molecule has 2 aromatic rings. The highest BCUT2D eigenvalue weighted by Gasteiger charge is 2.23. The number of carbonyl (C=O) groups is 1. The zero-order valence-corrected chi connectivity index (χ0v) is 12.7. The lowest BCUT2D eigenvalue weighted by molar-refractivity contribution is 0.0457. The highest BCUT2D eigenvalue weighted by Crippen LogP contribution is 2.33. The van der Waals surface area contributed by atoms with Gasteiger partial charge in [-0.2, -0.15) is 0 Å². The molecule has 3 rings (SSSR count). The molecule has 0 bridgehead atoms. The van der Waals surface area contributed by atoms with E-state index in [0.717, 1.165) is 17.7 Å². The largest absolute Gasteiger partial charge is 0.493 e. The molecule has 0 unspecified atom stereocenters. The standard InChI is InChI=1S/C17H18N2O3/c1-11-15(9-18-12(2)19-11)17(20)22-10-13-7-8-21-16-6-4-3-5-14(13)16/h3-6,9,13H,7-8,10H2,1-2H3/t13-/m0/s1. The Kier molecular flexibility index (Phi) is 4.04. The van der Waals surface area contributed by atoms with Gasteiger partial charge in [-0.1, -0.05) is 18.2 Å². The summed E-state index contributed by atoms with van der Waals surface area (Å²) in [4.78, 5) is 20.5. The average molecular weight is 298 g/mol. The summed E-state index contributed by atoms with van der Waals surface area (Å²) in [6.07, 6.45) is 2.37. The van der Waals surface area contributed by atoms with Crippen LogP contribution < -0.4 is 4.74 Å². The summed E-state index contributed by atoms with van der Waals surface area (Å²) in [5.74, 6) is 1.32. The van der Waals surface area contributed by atoms with Gasteiger partial charge in [0.2, 0.25) is 0 Å². The quantitative estimate of drug-likeness (QED) is 0.815. The second kappa shape index (κ2) is 6.13. The van der Waals surface area contributed by atoms with Gasteiger partial charge in [-0.25, -0.2) is 14.8 Å². The molecule has 0 spiro atoms. The second-order valence-electron chi connectivity index (χ2n) is 5.39.